The van der Waals surface area contributed by atoms with Gasteiger partial charge in [0, 0.05) is 11.3 Å². The van der Waals surface area contributed by atoms with Crippen LogP contribution in [-0.4, -0.2) is 37.2 Å². The van der Waals surface area contributed by atoms with Gasteiger partial charge in [0.15, 0.2) is 11.6 Å². The standard InChI is InChI=1S/C39H47NO6/c1-34(2)15-17-39(33(44)45-7)18-16-38(6)30(26(39)21-34)27(41)19-29-35(3)20-25(22-40)31(42)36(4,28(35)13-14-37(29,38)5)23-46-32(43)24-11-9-8-10-12-24/h8-12,19-20,26,28,30H,13-18,21,23H2,1-7H3/t26-,28+,30-,35-,36-,37+,38+,39-/m0/s1. The number of hydrogen-bond acceptors (Lipinski definition) is 7. The van der Waals surface area contributed by atoms with Gasteiger partial charge in [0.25, 0.3) is 0 Å². The topological polar surface area (TPSA) is 111 Å². The third-order valence-corrected chi connectivity index (χ3v) is 13.8. The molecule has 0 spiro atoms. The van der Waals surface area contributed by atoms with Crippen LogP contribution in [0.5, 0.6) is 0 Å². The lowest BCUT2D eigenvalue weighted by molar-refractivity contribution is -0.191. The van der Waals surface area contributed by atoms with Crippen LogP contribution in [0.3, 0.4) is 0 Å². The predicted molar refractivity (Wildman–Crippen MR) is 172 cm³/mol. The Kier molecular flexibility index (Phi) is 7.39. The zero-order chi connectivity index (χ0) is 33.5. The summed E-state index contributed by atoms with van der Waals surface area (Å²) in [5, 5.41) is 10.2. The summed E-state index contributed by atoms with van der Waals surface area (Å²) in [5.41, 5.74) is -2.05. The molecular formula is C39H47NO6. The number of ketones is 2. The summed E-state index contributed by atoms with van der Waals surface area (Å²) in [6.07, 6.45) is 8.84. The van der Waals surface area contributed by atoms with E-state index >= 15 is 0 Å². The molecule has 0 aromatic heterocycles. The van der Waals surface area contributed by atoms with E-state index in [9.17, 15) is 24.4 Å². The van der Waals surface area contributed by atoms with Crippen LogP contribution in [0.4, 0.5) is 0 Å². The third kappa shape index (κ3) is 4.27. The lowest BCUT2D eigenvalue weighted by Crippen LogP contribution is -2.66. The summed E-state index contributed by atoms with van der Waals surface area (Å²) in [4.78, 5) is 55.2. The van der Waals surface area contributed by atoms with Gasteiger partial charge in [-0.05, 0) is 98.2 Å². The molecule has 244 valence electrons. The van der Waals surface area contributed by atoms with Crippen molar-refractivity contribution in [1.29, 1.82) is 5.26 Å². The van der Waals surface area contributed by atoms with Crippen molar-refractivity contribution in [2.24, 2.45) is 50.2 Å². The van der Waals surface area contributed by atoms with E-state index in [1.165, 1.54) is 7.11 Å². The Hall–Kier alpha value is -3.53. The molecule has 0 aliphatic heterocycles. The molecule has 5 aliphatic rings. The van der Waals surface area contributed by atoms with Gasteiger partial charge in [0.2, 0.25) is 0 Å². The molecule has 1 aromatic rings. The molecule has 7 heteroatoms. The molecule has 0 amide bonds. The van der Waals surface area contributed by atoms with Crippen molar-refractivity contribution in [2.75, 3.05) is 13.7 Å². The minimum atomic E-state index is -1.15. The van der Waals surface area contributed by atoms with Gasteiger partial charge >= 0.3 is 11.9 Å². The van der Waals surface area contributed by atoms with E-state index in [-0.39, 0.29) is 52.9 Å². The molecular weight excluding hydrogens is 578 g/mol. The molecule has 6 rings (SSSR count). The number of benzene rings is 1. The van der Waals surface area contributed by atoms with E-state index in [1.54, 1.807) is 30.3 Å². The summed E-state index contributed by atoms with van der Waals surface area (Å²) in [5.74, 6) is -1.74. The van der Waals surface area contributed by atoms with Gasteiger partial charge in [-0.3, -0.25) is 14.4 Å². The number of fused-ring (bicyclic) bond motifs is 7. The molecule has 3 fully saturated rings. The van der Waals surface area contributed by atoms with Crippen molar-refractivity contribution in [1.82, 2.24) is 0 Å². The molecule has 0 bridgehead atoms. The van der Waals surface area contributed by atoms with Gasteiger partial charge in [-0.15, -0.1) is 0 Å². The number of carbonyl (C=O) groups is 4. The smallest absolute Gasteiger partial charge is 0.338 e. The van der Waals surface area contributed by atoms with Gasteiger partial charge in [0.1, 0.15) is 12.7 Å². The lowest BCUT2D eigenvalue weighted by atomic mass is 9.34. The van der Waals surface area contributed by atoms with Crippen LogP contribution in [0.1, 0.15) is 96.8 Å². The van der Waals surface area contributed by atoms with E-state index in [0.717, 1.165) is 31.3 Å². The fourth-order valence-electron chi connectivity index (χ4n) is 11.1. The second kappa shape index (κ2) is 10.5. The Labute approximate surface area is 272 Å². The van der Waals surface area contributed by atoms with E-state index in [0.29, 0.717) is 24.8 Å². The Balaban J connectivity index is 1.44. The molecule has 0 heterocycles. The molecule has 5 aliphatic carbocycles. The SMILES string of the molecule is COC(=O)[C@]12CCC(C)(C)C[C@H]1[C@H]1C(=O)C=C3[C@@]4(C)C=C(C#N)C(=O)[C@@](C)(COC(=O)c5ccccc5)[C@@H]4CC[C@@]3(C)[C@]1(C)CC2. The van der Waals surface area contributed by atoms with Crippen LogP contribution in [-0.2, 0) is 23.9 Å². The van der Waals surface area contributed by atoms with Crippen molar-refractivity contribution < 1.29 is 28.7 Å². The van der Waals surface area contributed by atoms with E-state index < -0.39 is 33.0 Å². The normalized spacial score (nSPS) is 40.9. The van der Waals surface area contributed by atoms with Crippen LogP contribution in [0.15, 0.2) is 53.6 Å². The summed E-state index contributed by atoms with van der Waals surface area (Å²) in [6.45, 7) is 12.7. The minimum Gasteiger partial charge on any atom is -0.469 e. The molecule has 0 N–H and O–H groups in total. The molecule has 7 nitrogen and oxygen atoms in total. The molecule has 1 aromatic carbocycles. The van der Waals surface area contributed by atoms with Crippen LogP contribution in [0.2, 0.25) is 0 Å². The molecule has 8 atom stereocenters. The van der Waals surface area contributed by atoms with Gasteiger partial charge < -0.3 is 9.47 Å². The largest absolute Gasteiger partial charge is 0.469 e. The number of nitrogens with zero attached hydrogens (tertiary/aromatic N) is 1. The fourth-order valence-corrected chi connectivity index (χ4v) is 11.1. The fraction of sp³-hybridized carbons (Fsp3) is 0.615. The maximum atomic E-state index is 14.7. The first-order chi connectivity index (χ1) is 21.5. The second-order valence-corrected chi connectivity index (χ2v) is 16.5. The van der Waals surface area contributed by atoms with Crippen molar-refractivity contribution in [3.05, 3.63) is 59.2 Å². The molecule has 0 unspecified atom stereocenters. The quantitative estimate of drug-likeness (QED) is 0.325. The van der Waals surface area contributed by atoms with E-state index in [4.69, 9.17) is 9.47 Å². The number of Topliss-reactive ketones (excluding diaryl/α,β-unsaturated/α-hetero) is 1. The summed E-state index contributed by atoms with van der Waals surface area (Å²) in [6, 6.07) is 10.8. The minimum absolute atomic E-state index is 0.00240. The third-order valence-electron chi connectivity index (χ3n) is 13.8. The van der Waals surface area contributed by atoms with Gasteiger partial charge in [0.05, 0.1) is 29.1 Å². The first-order valence-corrected chi connectivity index (χ1v) is 16.8. The number of rotatable bonds is 4. The van der Waals surface area contributed by atoms with Gasteiger partial charge in [-0.2, -0.15) is 5.26 Å². The number of ether oxygens (including phenoxy) is 2. The van der Waals surface area contributed by atoms with Crippen molar-refractivity contribution >= 4 is 23.5 Å². The summed E-state index contributed by atoms with van der Waals surface area (Å²) < 4.78 is 11.2. The molecule has 3 saturated carbocycles. The van der Waals surface area contributed by atoms with E-state index in [1.807, 2.05) is 19.1 Å². The lowest BCUT2D eigenvalue weighted by Gasteiger charge is -2.68. The number of esters is 2. The number of methoxy groups -OCH3 is 1. The summed E-state index contributed by atoms with van der Waals surface area (Å²) in [7, 11) is 1.46. The second-order valence-electron chi connectivity index (χ2n) is 16.5. The highest BCUT2D eigenvalue weighted by atomic mass is 16.5. The Bertz CT molecular complexity index is 1620. The number of hydrogen-bond donors (Lipinski definition) is 0. The van der Waals surface area contributed by atoms with Gasteiger partial charge in [-0.1, -0.05) is 64.5 Å². The van der Waals surface area contributed by atoms with Crippen LogP contribution < -0.4 is 0 Å². The van der Waals surface area contributed by atoms with Crippen molar-refractivity contribution in [3.8, 4) is 6.07 Å². The highest BCUT2D eigenvalue weighted by Crippen LogP contribution is 2.74. The monoisotopic (exact) mass is 625 g/mol. The zero-order valence-electron chi connectivity index (χ0n) is 28.3. The van der Waals surface area contributed by atoms with Crippen LogP contribution in [0, 0.1) is 61.6 Å². The highest BCUT2D eigenvalue weighted by molar-refractivity contribution is 6.05. The molecule has 46 heavy (non-hydrogen) atoms. The highest BCUT2D eigenvalue weighted by Gasteiger charge is 2.71. The van der Waals surface area contributed by atoms with Crippen LogP contribution in [0.25, 0.3) is 0 Å². The van der Waals surface area contributed by atoms with E-state index in [2.05, 4.69) is 40.7 Å². The Morgan fingerprint density at radius 1 is 0.957 bits per heavy atom. The first-order valence-electron chi connectivity index (χ1n) is 16.8. The van der Waals surface area contributed by atoms with Gasteiger partial charge in [-0.25, -0.2) is 4.79 Å². The Morgan fingerprint density at radius 3 is 2.28 bits per heavy atom. The number of allylic oxidation sites excluding steroid dienone is 4. The maximum absolute atomic E-state index is 14.7. The van der Waals surface area contributed by atoms with Crippen molar-refractivity contribution in [3.63, 3.8) is 0 Å². The average Bonchev–Trinajstić information content (AvgIpc) is 3.02. The molecule has 0 saturated heterocycles. The maximum Gasteiger partial charge on any atom is 0.338 e. The average molecular weight is 626 g/mol. The number of carbonyl (C=O) groups excluding carboxylic acids is 4. The zero-order valence-corrected chi connectivity index (χ0v) is 28.3. The van der Waals surface area contributed by atoms with Crippen LogP contribution >= 0.6 is 0 Å². The molecule has 0 radical (unpaired) electrons. The first kappa shape index (κ1) is 32.4. The summed E-state index contributed by atoms with van der Waals surface area (Å²) >= 11 is 0. The number of nitriles is 1. The Morgan fingerprint density at radius 2 is 1.63 bits per heavy atom. The van der Waals surface area contributed by atoms with Crippen molar-refractivity contribution in [2.45, 2.75) is 86.5 Å². The predicted octanol–water partition coefficient (Wildman–Crippen LogP) is 7.22.